The van der Waals surface area contributed by atoms with E-state index in [9.17, 15) is 5.11 Å². The SMILES string of the molecule is CCNCC(O)c1cc2cc(Cl)ccc2o1. The maximum atomic E-state index is 9.83. The Morgan fingerprint density at radius 1 is 1.44 bits per heavy atom. The van der Waals surface area contributed by atoms with Crippen molar-refractivity contribution in [1.82, 2.24) is 5.32 Å². The second-order valence-corrected chi connectivity index (χ2v) is 4.09. The van der Waals surface area contributed by atoms with E-state index in [4.69, 9.17) is 16.0 Å². The predicted octanol–water partition coefficient (Wildman–Crippen LogP) is 2.73. The number of halogens is 1. The van der Waals surface area contributed by atoms with E-state index in [1.54, 1.807) is 12.1 Å². The number of aliphatic hydroxyl groups excluding tert-OH is 1. The average Bonchev–Trinajstić information content (AvgIpc) is 2.68. The third-order valence-electron chi connectivity index (χ3n) is 2.41. The maximum absolute atomic E-state index is 9.83. The molecular formula is C12H14ClNO2. The van der Waals surface area contributed by atoms with Crippen molar-refractivity contribution in [3.05, 3.63) is 35.0 Å². The fraction of sp³-hybridized carbons (Fsp3) is 0.333. The Balaban J connectivity index is 2.25. The summed E-state index contributed by atoms with van der Waals surface area (Å²) < 4.78 is 5.53. The third-order valence-corrected chi connectivity index (χ3v) is 2.65. The number of benzene rings is 1. The number of aliphatic hydroxyl groups is 1. The minimum atomic E-state index is -0.619. The monoisotopic (exact) mass is 239 g/mol. The van der Waals surface area contributed by atoms with Crippen LogP contribution in [0.15, 0.2) is 28.7 Å². The van der Waals surface area contributed by atoms with Crippen LogP contribution in [0.3, 0.4) is 0 Å². The first-order chi connectivity index (χ1) is 7.70. The van der Waals surface area contributed by atoms with Crippen LogP contribution in [-0.2, 0) is 0 Å². The summed E-state index contributed by atoms with van der Waals surface area (Å²) in [7, 11) is 0. The second kappa shape index (κ2) is 4.87. The number of fused-ring (bicyclic) bond motifs is 1. The van der Waals surface area contributed by atoms with Crippen LogP contribution in [0.4, 0.5) is 0 Å². The lowest BCUT2D eigenvalue weighted by Crippen LogP contribution is -2.20. The zero-order valence-corrected chi connectivity index (χ0v) is 9.79. The van der Waals surface area contributed by atoms with Gasteiger partial charge >= 0.3 is 0 Å². The highest BCUT2D eigenvalue weighted by Gasteiger charge is 2.12. The zero-order valence-electron chi connectivity index (χ0n) is 9.03. The molecule has 86 valence electrons. The molecule has 4 heteroatoms. The van der Waals surface area contributed by atoms with E-state index in [1.165, 1.54) is 0 Å². The largest absolute Gasteiger partial charge is 0.458 e. The summed E-state index contributed by atoms with van der Waals surface area (Å²) in [5.74, 6) is 0.568. The quantitative estimate of drug-likeness (QED) is 0.863. The van der Waals surface area contributed by atoms with Crippen molar-refractivity contribution in [1.29, 1.82) is 0 Å². The van der Waals surface area contributed by atoms with Gasteiger partial charge in [0.2, 0.25) is 0 Å². The highest BCUT2D eigenvalue weighted by molar-refractivity contribution is 6.31. The van der Waals surface area contributed by atoms with Gasteiger partial charge in [-0.3, -0.25) is 0 Å². The van der Waals surface area contributed by atoms with Gasteiger partial charge in [0.1, 0.15) is 17.4 Å². The molecule has 0 bridgehead atoms. The first kappa shape index (κ1) is 11.5. The van der Waals surface area contributed by atoms with E-state index < -0.39 is 6.10 Å². The Bertz CT molecular complexity index is 481. The van der Waals surface area contributed by atoms with Gasteiger partial charge in [-0.2, -0.15) is 0 Å². The molecule has 0 aliphatic carbocycles. The van der Waals surface area contributed by atoms with Crippen LogP contribution in [0, 0.1) is 0 Å². The highest BCUT2D eigenvalue weighted by Crippen LogP contribution is 2.26. The average molecular weight is 240 g/mol. The summed E-state index contributed by atoms with van der Waals surface area (Å²) in [4.78, 5) is 0. The van der Waals surface area contributed by atoms with Gasteiger partial charge < -0.3 is 14.8 Å². The molecule has 0 aliphatic rings. The lowest BCUT2D eigenvalue weighted by molar-refractivity contribution is 0.150. The number of nitrogens with one attached hydrogen (secondary N) is 1. The normalized spacial score (nSPS) is 13.2. The van der Waals surface area contributed by atoms with E-state index in [0.29, 0.717) is 17.3 Å². The number of rotatable bonds is 4. The second-order valence-electron chi connectivity index (χ2n) is 3.65. The number of hydrogen-bond acceptors (Lipinski definition) is 3. The highest BCUT2D eigenvalue weighted by atomic mass is 35.5. The van der Waals surface area contributed by atoms with Crippen LogP contribution in [-0.4, -0.2) is 18.2 Å². The van der Waals surface area contributed by atoms with Crippen molar-refractivity contribution < 1.29 is 9.52 Å². The van der Waals surface area contributed by atoms with E-state index in [2.05, 4.69) is 5.32 Å². The minimum absolute atomic E-state index is 0.490. The van der Waals surface area contributed by atoms with Gasteiger partial charge in [0.25, 0.3) is 0 Å². The van der Waals surface area contributed by atoms with Crippen LogP contribution >= 0.6 is 11.6 Å². The minimum Gasteiger partial charge on any atom is -0.458 e. The van der Waals surface area contributed by atoms with Crippen LogP contribution in [0.5, 0.6) is 0 Å². The smallest absolute Gasteiger partial charge is 0.135 e. The Morgan fingerprint density at radius 2 is 2.25 bits per heavy atom. The standard InChI is InChI=1S/C12H14ClNO2/c1-2-14-7-10(15)12-6-8-5-9(13)3-4-11(8)16-12/h3-6,10,14-15H,2,7H2,1H3. The Labute approximate surface area is 99.0 Å². The molecule has 0 amide bonds. The maximum Gasteiger partial charge on any atom is 0.135 e. The first-order valence-electron chi connectivity index (χ1n) is 5.28. The van der Waals surface area contributed by atoms with Crippen molar-refractivity contribution in [2.24, 2.45) is 0 Å². The van der Waals surface area contributed by atoms with Gasteiger partial charge in [-0.25, -0.2) is 0 Å². The molecular weight excluding hydrogens is 226 g/mol. The molecule has 0 aliphatic heterocycles. The topological polar surface area (TPSA) is 45.4 Å². The van der Waals surface area contributed by atoms with Crippen molar-refractivity contribution in [2.45, 2.75) is 13.0 Å². The number of likely N-dealkylation sites (N-methyl/N-ethyl adjacent to an activating group) is 1. The molecule has 2 N–H and O–H groups in total. The van der Waals surface area contributed by atoms with Crippen molar-refractivity contribution in [2.75, 3.05) is 13.1 Å². The molecule has 0 fully saturated rings. The lowest BCUT2D eigenvalue weighted by Gasteiger charge is -2.06. The van der Waals surface area contributed by atoms with E-state index >= 15 is 0 Å². The van der Waals surface area contributed by atoms with Crippen LogP contribution in [0.25, 0.3) is 11.0 Å². The predicted molar refractivity (Wildman–Crippen MR) is 64.7 cm³/mol. The molecule has 16 heavy (non-hydrogen) atoms. The van der Waals surface area contributed by atoms with Crippen LogP contribution in [0.1, 0.15) is 18.8 Å². The van der Waals surface area contributed by atoms with Crippen LogP contribution < -0.4 is 5.32 Å². The van der Waals surface area contributed by atoms with Crippen LogP contribution in [0.2, 0.25) is 5.02 Å². The molecule has 0 radical (unpaired) electrons. The van der Waals surface area contributed by atoms with E-state index in [-0.39, 0.29) is 0 Å². The molecule has 1 atom stereocenters. The molecule has 1 heterocycles. The molecule has 1 aromatic heterocycles. The van der Waals surface area contributed by atoms with Gasteiger partial charge in [-0.05, 0) is 30.8 Å². The number of furan rings is 1. The Hall–Kier alpha value is -1.03. The van der Waals surface area contributed by atoms with Gasteiger partial charge in [0, 0.05) is 17.0 Å². The molecule has 0 spiro atoms. The summed E-state index contributed by atoms with van der Waals surface area (Å²) in [5, 5.41) is 14.5. The third kappa shape index (κ3) is 2.38. The van der Waals surface area contributed by atoms with Gasteiger partial charge in [-0.1, -0.05) is 18.5 Å². The first-order valence-corrected chi connectivity index (χ1v) is 5.66. The zero-order chi connectivity index (χ0) is 11.5. The molecule has 1 aromatic carbocycles. The summed E-state index contributed by atoms with van der Waals surface area (Å²) in [5.41, 5.74) is 0.745. The fourth-order valence-corrected chi connectivity index (χ4v) is 1.76. The number of hydrogen-bond donors (Lipinski definition) is 2. The Kier molecular flexibility index (Phi) is 3.49. The summed E-state index contributed by atoms with van der Waals surface area (Å²) in [6, 6.07) is 7.22. The summed E-state index contributed by atoms with van der Waals surface area (Å²) in [6.45, 7) is 3.30. The van der Waals surface area contributed by atoms with E-state index in [0.717, 1.165) is 17.5 Å². The lowest BCUT2D eigenvalue weighted by atomic mass is 10.2. The molecule has 1 unspecified atom stereocenters. The van der Waals surface area contributed by atoms with Crippen molar-refractivity contribution in [3.63, 3.8) is 0 Å². The van der Waals surface area contributed by atoms with E-state index in [1.807, 2.05) is 19.1 Å². The molecule has 3 nitrogen and oxygen atoms in total. The van der Waals surface area contributed by atoms with Crippen molar-refractivity contribution >= 4 is 22.6 Å². The van der Waals surface area contributed by atoms with Gasteiger partial charge in [0.15, 0.2) is 0 Å². The Morgan fingerprint density at radius 3 is 3.00 bits per heavy atom. The molecule has 0 saturated carbocycles. The summed E-state index contributed by atoms with van der Waals surface area (Å²) in [6.07, 6.45) is -0.619. The molecule has 0 saturated heterocycles. The molecule has 2 rings (SSSR count). The molecule has 2 aromatic rings. The van der Waals surface area contributed by atoms with Crippen molar-refractivity contribution in [3.8, 4) is 0 Å². The van der Waals surface area contributed by atoms with Gasteiger partial charge in [0.05, 0.1) is 0 Å². The van der Waals surface area contributed by atoms with Gasteiger partial charge in [-0.15, -0.1) is 0 Å². The fourth-order valence-electron chi connectivity index (χ4n) is 1.58. The summed E-state index contributed by atoms with van der Waals surface area (Å²) >= 11 is 5.87.